The van der Waals surface area contributed by atoms with E-state index in [0.29, 0.717) is 6.54 Å². The Balaban J connectivity index is 2.07. The van der Waals surface area contributed by atoms with E-state index in [1.165, 1.54) is 11.0 Å². The third-order valence-corrected chi connectivity index (χ3v) is 3.55. The molecule has 0 bridgehead atoms. The maximum Gasteiger partial charge on any atom is 0.257 e. The summed E-state index contributed by atoms with van der Waals surface area (Å²) in [6, 6.07) is 6.47. The molecule has 1 aromatic carbocycles. The van der Waals surface area contributed by atoms with Crippen LogP contribution in [0.4, 0.5) is 0 Å². The Kier molecular flexibility index (Phi) is 3.57. The molecule has 4 nitrogen and oxygen atoms in total. The molecule has 0 atom stereocenters. The first-order chi connectivity index (χ1) is 8.52. The highest BCUT2D eigenvalue weighted by molar-refractivity contribution is 5.96. The molecule has 0 saturated heterocycles. The highest BCUT2D eigenvalue weighted by Gasteiger charge is 2.33. The molecule has 1 saturated carbocycles. The van der Waals surface area contributed by atoms with Gasteiger partial charge in [-0.15, -0.1) is 0 Å². The minimum Gasteiger partial charge on any atom is -0.507 e. The van der Waals surface area contributed by atoms with Crippen molar-refractivity contribution in [3.8, 4) is 5.75 Å². The third-order valence-electron chi connectivity index (χ3n) is 3.55. The van der Waals surface area contributed by atoms with Crippen molar-refractivity contribution in [2.45, 2.75) is 31.3 Å². The van der Waals surface area contributed by atoms with Crippen LogP contribution in [0.1, 0.15) is 36.0 Å². The van der Waals surface area contributed by atoms with Crippen LogP contribution in [0, 0.1) is 0 Å². The molecule has 0 spiro atoms. The van der Waals surface area contributed by atoms with E-state index in [9.17, 15) is 15.0 Å². The number of rotatable bonds is 3. The normalized spacial score (nSPS) is 17.7. The molecule has 2 rings (SSSR count). The Hall–Kier alpha value is -1.55. The van der Waals surface area contributed by atoms with Crippen molar-refractivity contribution >= 4 is 5.91 Å². The molecule has 0 radical (unpaired) electrons. The number of amides is 1. The fourth-order valence-electron chi connectivity index (χ4n) is 2.56. The lowest BCUT2D eigenvalue weighted by Gasteiger charge is -2.28. The Morgan fingerprint density at radius 1 is 1.33 bits per heavy atom. The third kappa shape index (κ3) is 2.64. The second kappa shape index (κ2) is 4.98. The zero-order valence-electron chi connectivity index (χ0n) is 10.6. The van der Waals surface area contributed by atoms with Gasteiger partial charge < -0.3 is 15.1 Å². The molecule has 18 heavy (non-hydrogen) atoms. The molecular formula is C14H19NO3. The average molecular weight is 249 g/mol. The van der Waals surface area contributed by atoms with Gasteiger partial charge in [0, 0.05) is 13.6 Å². The molecule has 4 heteroatoms. The molecule has 1 aliphatic rings. The summed E-state index contributed by atoms with van der Waals surface area (Å²) >= 11 is 0. The van der Waals surface area contributed by atoms with Crippen molar-refractivity contribution in [2.24, 2.45) is 0 Å². The minimum atomic E-state index is -0.755. The van der Waals surface area contributed by atoms with Gasteiger partial charge >= 0.3 is 0 Å². The van der Waals surface area contributed by atoms with E-state index in [2.05, 4.69) is 0 Å². The standard InChI is InChI=1S/C14H19NO3/c1-15(10-14(18)8-4-5-9-14)13(17)11-6-2-3-7-12(11)16/h2-3,6-7,16,18H,4-5,8-10H2,1H3. The summed E-state index contributed by atoms with van der Waals surface area (Å²) in [5.41, 5.74) is -0.476. The summed E-state index contributed by atoms with van der Waals surface area (Å²) in [5, 5.41) is 19.9. The highest BCUT2D eigenvalue weighted by atomic mass is 16.3. The maximum atomic E-state index is 12.2. The molecule has 0 heterocycles. The van der Waals surface area contributed by atoms with E-state index in [1.807, 2.05) is 0 Å². The second-order valence-corrected chi connectivity index (χ2v) is 5.11. The summed E-state index contributed by atoms with van der Waals surface area (Å²) in [4.78, 5) is 13.6. The first kappa shape index (κ1) is 12.9. The number of nitrogens with zero attached hydrogens (tertiary/aromatic N) is 1. The molecule has 98 valence electrons. The van der Waals surface area contributed by atoms with Crippen LogP contribution in [0.3, 0.4) is 0 Å². The topological polar surface area (TPSA) is 60.8 Å². The summed E-state index contributed by atoms with van der Waals surface area (Å²) < 4.78 is 0. The second-order valence-electron chi connectivity index (χ2n) is 5.11. The summed E-state index contributed by atoms with van der Waals surface area (Å²) in [6.45, 7) is 0.320. The van der Waals surface area contributed by atoms with Crippen LogP contribution < -0.4 is 0 Å². The van der Waals surface area contributed by atoms with E-state index in [0.717, 1.165) is 25.7 Å². The van der Waals surface area contributed by atoms with Gasteiger partial charge in [-0.1, -0.05) is 25.0 Å². The van der Waals surface area contributed by atoms with E-state index in [1.54, 1.807) is 25.2 Å². The molecule has 2 N–H and O–H groups in total. The first-order valence-corrected chi connectivity index (χ1v) is 6.28. The number of phenolic OH excluding ortho intramolecular Hbond substituents is 1. The van der Waals surface area contributed by atoms with Crippen molar-refractivity contribution in [1.29, 1.82) is 0 Å². The van der Waals surface area contributed by atoms with Crippen molar-refractivity contribution in [1.82, 2.24) is 4.90 Å². The number of aliphatic hydroxyl groups is 1. The molecule has 1 aromatic rings. The van der Waals surface area contributed by atoms with Crippen LogP contribution >= 0.6 is 0 Å². The van der Waals surface area contributed by atoms with Gasteiger partial charge in [0.1, 0.15) is 5.75 Å². The summed E-state index contributed by atoms with van der Waals surface area (Å²) in [5.74, 6) is -0.277. The first-order valence-electron chi connectivity index (χ1n) is 6.28. The van der Waals surface area contributed by atoms with Crippen molar-refractivity contribution < 1.29 is 15.0 Å². The van der Waals surface area contributed by atoms with Crippen LogP contribution in [0.5, 0.6) is 5.75 Å². The maximum absolute atomic E-state index is 12.2. The molecule has 0 aromatic heterocycles. The molecule has 1 aliphatic carbocycles. The zero-order valence-corrected chi connectivity index (χ0v) is 10.6. The molecular weight excluding hydrogens is 230 g/mol. The van der Waals surface area contributed by atoms with Gasteiger partial charge in [0.15, 0.2) is 0 Å². The molecule has 0 unspecified atom stereocenters. The van der Waals surface area contributed by atoms with Crippen LogP contribution in [-0.4, -0.2) is 40.2 Å². The Labute approximate surface area is 107 Å². The molecule has 1 amide bonds. The van der Waals surface area contributed by atoms with Crippen molar-refractivity contribution in [3.05, 3.63) is 29.8 Å². The highest BCUT2D eigenvalue weighted by Crippen LogP contribution is 2.30. The molecule has 0 aliphatic heterocycles. The Bertz CT molecular complexity index is 438. The van der Waals surface area contributed by atoms with E-state index < -0.39 is 5.60 Å². The van der Waals surface area contributed by atoms with Gasteiger partial charge in [-0.25, -0.2) is 0 Å². The molecule has 1 fully saturated rings. The number of hydrogen-bond acceptors (Lipinski definition) is 3. The fraction of sp³-hybridized carbons (Fsp3) is 0.500. The number of phenols is 1. The van der Waals surface area contributed by atoms with Crippen LogP contribution in [0.15, 0.2) is 24.3 Å². The number of likely N-dealkylation sites (N-methyl/N-ethyl adjacent to an activating group) is 1. The van der Waals surface area contributed by atoms with Crippen molar-refractivity contribution in [2.75, 3.05) is 13.6 Å². The summed E-state index contributed by atoms with van der Waals surface area (Å²) in [6.07, 6.45) is 3.50. The lowest BCUT2D eigenvalue weighted by Crippen LogP contribution is -2.42. The van der Waals surface area contributed by atoms with Gasteiger partial charge in [-0.3, -0.25) is 4.79 Å². The quantitative estimate of drug-likeness (QED) is 0.858. The number of benzene rings is 1. The van der Waals surface area contributed by atoms with Gasteiger partial charge in [0.05, 0.1) is 11.2 Å². The zero-order chi connectivity index (χ0) is 13.2. The van der Waals surface area contributed by atoms with Crippen LogP contribution in [0.25, 0.3) is 0 Å². The Morgan fingerprint density at radius 2 is 1.94 bits per heavy atom. The lowest BCUT2D eigenvalue weighted by atomic mass is 10.0. The Morgan fingerprint density at radius 3 is 2.56 bits per heavy atom. The van der Waals surface area contributed by atoms with Crippen LogP contribution in [-0.2, 0) is 0 Å². The van der Waals surface area contributed by atoms with E-state index >= 15 is 0 Å². The SMILES string of the molecule is CN(CC1(O)CCCC1)C(=O)c1ccccc1O. The predicted octanol–water partition coefficient (Wildman–Crippen LogP) is 1.77. The smallest absolute Gasteiger partial charge is 0.257 e. The van der Waals surface area contributed by atoms with E-state index in [4.69, 9.17) is 0 Å². The average Bonchev–Trinajstić information content (AvgIpc) is 2.75. The van der Waals surface area contributed by atoms with E-state index in [-0.39, 0.29) is 17.2 Å². The lowest BCUT2D eigenvalue weighted by molar-refractivity contribution is 0.0155. The number of carbonyl (C=O) groups excluding carboxylic acids is 1. The summed E-state index contributed by atoms with van der Waals surface area (Å²) in [7, 11) is 1.66. The largest absolute Gasteiger partial charge is 0.507 e. The van der Waals surface area contributed by atoms with Gasteiger partial charge in [0.25, 0.3) is 5.91 Å². The van der Waals surface area contributed by atoms with Gasteiger partial charge in [-0.05, 0) is 25.0 Å². The monoisotopic (exact) mass is 249 g/mol. The minimum absolute atomic E-state index is 0.0206. The fourth-order valence-corrected chi connectivity index (χ4v) is 2.56. The number of hydrogen-bond donors (Lipinski definition) is 2. The number of carbonyl (C=O) groups is 1. The van der Waals surface area contributed by atoms with Crippen LogP contribution in [0.2, 0.25) is 0 Å². The number of para-hydroxylation sites is 1. The predicted molar refractivity (Wildman–Crippen MR) is 68.5 cm³/mol. The van der Waals surface area contributed by atoms with Gasteiger partial charge in [0.2, 0.25) is 0 Å². The van der Waals surface area contributed by atoms with Gasteiger partial charge in [-0.2, -0.15) is 0 Å². The number of aromatic hydroxyl groups is 1. The van der Waals surface area contributed by atoms with Crippen molar-refractivity contribution in [3.63, 3.8) is 0 Å².